The molecule has 0 saturated carbocycles. The number of nitrogens with zero attached hydrogens (tertiary/aromatic N) is 1. The number of carbonyl (C=O) groups is 2. The third kappa shape index (κ3) is 6.32. The second kappa shape index (κ2) is 12.2. The van der Waals surface area contributed by atoms with Gasteiger partial charge in [0.25, 0.3) is 11.8 Å². The number of aryl methyl sites for hydroxylation is 1. The first-order chi connectivity index (χ1) is 18.2. The highest BCUT2D eigenvalue weighted by atomic mass is 35.5. The van der Waals surface area contributed by atoms with Crippen LogP contribution in [0.15, 0.2) is 59.5 Å². The molecule has 0 radical (unpaired) electrons. The average Bonchev–Trinajstić information content (AvgIpc) is 3.16. The number of hydrogen-bond donors (Lipinski definition) is 1. The number of rotatable bonds is 8. The maximum atomic E-state index is 13.1. The molecule has 0 aliphatic carbocycles. The van der Waals surface area contributed by atoms with Crippen LogP contribution in [0.1, 0.15) is 23.6 Å². The molecule has 1 aliphatic heterocycles. The van der Waals surface area contributed by atoms with E-state index in [-0.39, 0.29) is 18.4 Å². The lowest BCUT2D eigenvalue weighted by molar-refractivity contribution is -0.118. The Bertz CT molecular complexity index is 1460. The third-order valence-corrected chi connectivity index (χ3v) is 7.80. The van der Waals surface area contributed by atoms with Crippen molar-refractivity contribution >= 4 is 80.8 Å². The molecule has 1 fully saturated rings. The van der Waals surface area contributed by atoms with Crippen LogP contribution in [0.4, 0.5) is 11.4 Å². The Morgan fingerprint density at radius 2 is 1.84 bits per heavy atom. The van der Waals surface area contributed by atoms with Gasteiger partial charge in [-0.1, -0.05) is 65.4 Å². The van der Waals surface area contributed by atoms with Gasteiger partial charge in [0.15, 0.2) is 22.4 Å². The zero-order valence-corrected chi connectivity index (χ0v) is 24.0. The van der Waals surface area contributed by atoms with Crippen LogP contribution in [0.2, 0.25) is 10.0 Å². The van der Waals surface area contributed by atoms with E-state index in [4.69, 9.17) is 44.9 Å². The number of benzene rings is 3. The van der Waals surface area contributed by atoms with E-state index in [9.17, 15) is 9.59 Å². The quantitative estimate of drug-likeness (QED) is 0.218. The van der Waals surface area contributed by atoms with Gasteiger partial charge in [0.2, 0.25) is 0 Å². The van der Waals surface area contributed by atoms with Crippen molar-refractivity contribution in [1.82, 2.24) is 0 Å². The van der Waals surface area contributed by atoms with Crippen molar-refractivity contribution in [2.75, 3.05) is 23.4 Å². The lowest BCUT2D eigenvalue weighted by Gasteiger charge is -2.15. The number of thiocarbonyl (C=S) groups is 1. The minimum atomic E-state index is -0.281. The molecule has 1 aliphatic rings. The summed E-state index contributed by atoms with van der Waals surface area (Å²) >= 11 is 18.8. The molecule has 4 rings (SSSR count). The van der Waals surface area contributed by atoms with E-state index in [0.29, 0.717) is 43.1 Å². The summed E-state index contributed by atoms with van der Waals surface area (Å²) in [7, 11) is 0. The zero-order chi connectivity index (χ0) is 27.4. The summed E-state index contributed by atoms with van der Waals surface area (Å²) in [5, 5.41) is 3.61. The van der Waals surface area contributed by atoms with Crippen molar-refractivity contribution in [3.63, 3.8) is 0 Å². The molecule has 6 nitrogen and oxygen atoms in total. The number of thioether (sulfide) groups is 1. The molecule has 0 bridgehead atoms. The minimum Gasteiger partial charge on any atom is -0.490 e. The van der Waals surface area contributed by atoms with E-state index in [2.05, 4.69) is 5.32 Å². The Hall–Kier alpha value is -3.04. The molecular weight excluding hydrogens is 563 g/mol. The van der Waals surface area contributed by atoms with Crippen LogP contribution in [0.5, 0.6) is 11.5 Å². The van der Waals surface area contributed by atoms with Crippen molar-refractivity contribution in [3.05, 3.63) is 86.2 Å². The summed E-state index contributed by atoms with van der Waals surface area (Å²) in [5.74, 6) is 0.334. The van der Waals surface area contributed by atoms with Crippen LogP contribution in [-0.4, -0.2) is 29.3 Å². The molecule has 1 saturated heterocycles. The van der Waals surface area contributed by atoms with Crippen LogP contribution in [0, 0.1) is 13.8 Å². The van der Waals surface area contributed by atoms with Gasteiger partial charge in [0, 0.05) is 5.69 Å². The fourth-order valence-electron chi connectivity index (χ4n) is 3.68. The zero-order valence-electron chi connectivity index (χ0n) is 20.8. The first-order valence-corrected chi connectivity index (χ1v) is 13.6. The van der Waals surface area contributed by atoms with E-state index >= 15 is 0 Å². The second-order valence-electron chi connectivity index (χ2n) is 8.34. The normalized spacial score (nSPS) is 14.2. The first kappa shape index (κ1) is 28.0. The van der Waals surface area contributed by atoms with Gasteiger partial charge < -0.3 is 14.8 Å². The summed E-state index contributed by atoms with van der Waals surface area (Å²) in [6.07, 6.45) is 1.73. The number of carbonyl (C=O) groups excluding carboxylic acids is 2. The molecule has 38 heavy (non-hydrogen) atoms. The van der Waals surface area contributed by atoms with E-state index < -0.39 is 0 Å². The summed E-state index contributed by atoms with van der Waals surface area (Å²) < 4.78 is 11.9. The van der Waals surface area contributed by atoms with Crippen molar-refractivity contribution in [2.24, 2.45) is 0 Å². The predicted octanol–water partition coefficient (Wildman–Crippen LogP) is 7.43. The van der Waals surface area contributed by atoms with Gasteiger partial charge in [0.05, 0.1) is 27.2 Å². The highest BCUT2D eigenvalue weighted by Crippen LogP contribution is 2.39. The Morgan fingerprint density at radius 1 is 1.05 bits per heavy atom. The van der Waals surface area contributed by atoms with Crippen molar-refractivity contribution in [3.8, 4) is 11.5 Å². The number of anilines is 2. The number of hydrogen-bond acceptors (Lipinski definition) is 6. The predicted molar refractivity (Wildman–Crippen MR) is 160 cm³/mol. The number of nitrogens with one attached hydrogen (secondary N) is 1. The largest absolute Gasteiger partial charge is 0.490 e. The van der Waals surface area contributed by atoms with Gasteiger partial charge in [-0.05, 0) is 79.9 Å². The standard InChI is InChI=1S/C28H24Cl2N2O4S2/c1-4-35-24-12-18(8-11-23(24)36-15-26(33)31-22-7-5-6-16(2)17(22)3)13-25-27(34)32(28(37)38-25)19-9-10-20(29)21(30)14-19/h5-14H,4,15H2,1-3H3,(H,31,33)/b25-13-. The van der Waals surface area contributed by atoms with Crippen LogP contribution in [-0.2, 0) is 9.59 Å². The molecule has 0 unspecified atom stereocenters. The monoisotopic (exact) mass is 586 g/mol. The lowest BCUT2D eigenvalue weighted by atomic mass is 10.1. The Kier molecular flexibility index (Phi) is 8.99. The second-order valence-corrected chi connectivity index (χ2v) is 10.8. The molecule has 3 aromatic carbocycles. The number of halogens is 2. The molecule has 1 heterocycles. The highest BCUT2D eigenvalue weighted by molar-refractivity contribution is 8.27. The maximum absolute atomic E-state index is 13.1. The maximum Gasteiger partial charge on any atom is 0.270 e. The van der Waals surface area contributed by atoms with Gasteiger partial charge in [-0.15, -0.1) is 0 Å². The summed E-state index contributed by atoms with van der Waals surface area (Å²) in [4.78, 5) is 27.5. The van der Waals surface area contributed by atoms with Gasteiger partial charge in [-0.25, -0.2) is 0 Å². The van der Waals surface area contributed by atoms with Gasteiger partial charge in [-0.3, -0.25) is 14.5 Å². The molecule has 196 valence electrons. The fraction of sp³-hybridized carbons (Fsp3) is 0.179. The summed E-state index contributed by atoms with van der Waals surface area (Å²) in [6, 6.07) is 15.9. The van der Waals surface area contributed by atoms with Crippen molar-refractivity contribution in [2.45, 2.75) is 20.8 Å². The number of ether oxygens (including phenoxy) is 2. The summed E-state index contributed by atoms with van der Waals surface area (Å²) in [6.45, 7) is 6.01. The van der Waals surface area contributed by atoms with Crippen molar-refractivity contribution < 1.29 is 19.1 Å². The molecular formula is C28H24Cl2N2O4S2. The lowest BCUT2D eigenvalue weighted by Crippen LogP contribution is -2.27. The fourth-order valence-corrected chi connectivity index (χ4v) is 5.28. The molecule has 0 atom stereocenters. The van der Waals surface area contributed by atoms with E-state index in [1.807, 2.05) is 39.0 Å². The van der Waals surface area contributed by atoms with Crippen LogP contribution >= 0.6 is 47.2 Å². The van der Waals surface area contributed by atoms with Crippen molar-refractivity contribution in [1.29, 1.82) is 0 Å². The molecule has 3 aromatic rings. The minimum absolute atomic E-state index is 0.185. The van der Waals surface area contributed by atoms with Gasteiger partial charge >= 0.3 is 0 Å². The molecule has 10 heteroatoms. The SMILES string of the molecule is CCOc1cc(/C=C2\SC(=S)N(c3ccc(Cl)c(Cl)c3)C2=O)ccc1OCC(=O)Nc1cccc(C)c1C. The topological polar surface area (TPSA) is 67.9 Å². The summed E-state index contributed by atoms with van der Waals surface area (Å²) in [5.41, 5.74) is 4.10. The van der Waals surface area contributed by atoms with Crippen LogP contribution in [0.25, 0.3) is 6.08 Å². The number of amides is 2. The molecule has 1 N–H and O–H groups in total. The van der Waals surface area contributed by atoms with Crippen LogP contribution < -0.4 is 19.7 Å². The van der Waals surface area contributed by atoms with E-state index in [1.165, 1.54) is 16.7 Å². The highest BCUT2D eigenvalue weighted by Gasteiger charge is 2.33. The average molecular weight is 588 g/mol. The van der Waals surface area contributed by atoms with E-state index in [1.54, 1.807) is 42.5 Å². The van der Waals surface area contributed by atoms with Crippen LogP contribution in [0.3, 0.4) is 0 Å². The molecule has 2 amide bonds. The Balaban J connectivity index is 1.49. The van der Waals surface area contributed by atoms with Gasteiger partial charge in [-0.2, -0.15) is 0 Å². The Morgan fingerprint density at radius 3 is 2.58 bits per heavy atom. The molecule has 0 aromatic heterocycles. The molecule has 0 spiro atoms. The smallest absolute Gasteiger partial charge is 0.270 e. The first-order valence-electron chi connectivity index (χ1n) is 11.7. The third-order valence-electron chi connectivity index (χ3n) is 5.76. The van der Waals surface area contributed by atoms with Gasteiger partial charge in [0.1, 0.15) is 0 Å². The Labute approximate surface area is 240 Å². The van der Waals surface area contributed by atoms with E-state index in [0.717, 1.165) is 22.4 Å².